The van der Waals surface area contributed by atoms with Crippen molar-refractivity contribution >= 4 is 6.03 Å². The normalized spacial score (nSPS) is 22.1. The van der Waals surface area contributed by atoms with Crippen LogP contribution < -0.4 is 20.5 Å². The number of likely N-dealkylation sites (tertiary alicyclic amines) is 1. The molecule has 2 amide bonds. The maximum absolute atomic E-state index is 11.1. The zero-order chi connectivity index (χ0) is 14.7. The van der Waals surface area contributed by atoms with E-state index < -0.39 is 0 Å². The molecule has 6 nitrogen and oxygen atoms in total. The Morgan fingerprint density at radius 1 is 1.29 bits per heavy atom. The minimum Gasteiger partial charge on any atom is -0.486 e. The van der Waals surface area contributed by atoms with Gasteiger partial charge in [0.15, 0.2) is 11.5 Å². The summed E-state index contributed by atoms with van der Waals surface area (Å²) >= 11 is 0. The molecule has 2 heterocycles. The van der Waals surface area contributed by atoms with Crippen LogP contribution >= 0.6 is 0 Å². The molecule has 1 aromatic rings. The van der Waals surface area contributed by atoms with E-state index in [1.165, 1.54) is 0 Å². The van der Waals surface area contributed by atoms with Crippen LogP contribution in [0.2, 0.25) is 0 Å². The Hall–Kier alpha value is -1.95. The number of carbonyl (C=O) groups is 1. The Morgan fingerprint density at radius 2 is 2.00 bits per heavy atom. The quantitative estimate of drug-likeness (QED) is 0.869. The smallest absolute Gasteiger partial charge is 0.314 e. The van der Waals surface area contributed by atoms with Gasteiger partial charge in [0.1, 0.15) is 12.7 Å². The van der Waals surface area contributed by atoms with Gasteiger partial charge in [0.05, 0.1) is 0 Å². The monoisotopic (exact) mass is 291 g/mol. The van der Waals surface area contributed by atoms with Crippen LogP contribution in [0.3, 0.4) is 0 Å². The van der Waals surface area contributed by atoms with Crippen molar-refractivity contribution in [2.75, 3.05) is 26.2 Å². The molecule has 1 atom stereocenters. The number of hydrogen-bond donors (Lipinski definition) is 2. The third kappa shape index (κ3) is 3.39. The second-order valence-electron chi connectivity index (χ2n) is 5.51. The van der Waals surface area contributed by atoms with Gasteiger partial charge in [-0.05, 0) is 25.0 Å². The van der Waals surface area contributed by atoms with Gasteiger partial charge in [-0.15, -0.1) is 0 Å². The average molecular weight is 291 g/mol. The number of rotatable bonds is 3. The molecule has 0 aromatic heterocycles. The first kappa shape index (κ1) is 14.0. The number of para-hydroxylation sites is 2. The van der Waals surface area contributed by atoms with Crippen LogP contribution in [0.4, 0.5) is 4.79 Å². The lowest BCUT2D eigenvalue weighted by atomic mass is 10.1. The summed E-state index contributed by atoms with van der Waals surface area (Å²) in [6.07, 6.45) is 1.87. The van der Waals surface area contributed by atoms with E-state index in [4.69, 9.17) is 15.2 Å². The third-order valence-electron chi connectivity index (χ3n) is 4.01. The number of hydrogen-bond acceptors (Lipinski definition) is 4. The van der Waals surface area contributed by atoms with Crippen LogP contribution in [-0.4, -0.2) is 49.3 Å². The summed E-state index contributed by atoms with van der Waals surface area (Å²) in [6, 6.07) is 7.80. The van der Waals surface area contributed by atoms with Crippen LogP contribution in [0.5, 0.6) is 11.5 Å². The molecule has 0 aliphatic carbocycles. The fourth-order valence-electron chi connectivity index (χ4n) is 2.77. The second-order valence-corrected chi connectivity index (χ2v) is 5.51. The van der Waals surface area contributed by atoms with E-state index >= 15 is 0 Å². The van der Waals surface area contributed by atoms with Crippen molar-refractivity contribution in [2.24, 2.45) is 5.73 Å². The molecule has 0 saturated carbocycles. The predicted octanol–water partition coefficient (Wildman–Crippen LogP) is 0.959. The number of urea groups is 1. The first-order chi connectivity index (χ1) is 10.2. The van der Waals surface area contributed by atoms with E-state index in [2.05, 4.69) is 5.32 Å². The molecule has 1 aromatic carbocycles. The summed E-state index contributed by atoms with van der Waals surface area (Å²) in [5.41, 5.74) is 5.28. The van der Waals surface area contributed by atoms with Gasteiger partial charge >= 0.3 is 6.03 Å². The van der Waals surface area contributed by atoms with E-state index in [-0.39, 0.29) is 12.1 Å². The minimum absolute atomic E-state index is 0.0223. The molecule has 2 aliphatic heterocycles. The molecule has 1 unspecified atom stereocenters. The van der Waals surface area contributed by atoms with Crippen molar-refractivity contribution in [2.45, 2.75) is 25.0 Å². The molecule has 1 saturated heterocycles. The van der Waals surface area contributed by atoms with Gasteiger partial charge in [0.25, 0.3) is 0 Å². The van der Waals surface area contributed by atoms with Crippen molar-refractivity contribution in [3.63, 3.8) is 0 Å². The highest BCUT2D eigenvalue weighted by atomic mass is 16.6. The van der Waals surface area contributed by atoms with Crippen LogP contribution in [-0.2, 0) is 0 Å². The summed E-state index contributed by atoms with van der Waals surface area (Å²) in [4.78, 5) is 12.8. The highest BCUT2D eigenvalue weighted by Crippen LogP contribution is 2.30. The number of nitrogens with one attached hydrogen (secondary N) is 1. The molecule has 6 heteroatoms. The molecule has 2 aliphatic rings. The Labute approximate surface area is 124 Å². The molecular weight excluding hydrogens is 270 g/mol. The number of benzene rings is 1. The Morgan fingerprint density at radius 3 is 2.71 bits per heavy atom. The lowest BCUT2D eigenvalue weighted by Gasteiger charge is -2.33. The van der Waals surface area contributed by atoms with Crippen LogP contribution in [0.25, 0.3) is 0 Å². The van der Waals surface area contributed by atoms with Crippen LogP contribution in [0.15, 0.2) is 24.3 Å². The Bertz CT molecular complexity index is 501. The largest absolute Gasteiger partial charge is 0.486 e. The number of carbonyl (C=O) groups excluding carboxylic acids is 1. The summed E-state index contributed by atoms with van der Waals surface area (Å²) in [6.45, 7) is 2.75. The fraction of sp³-hybridized carbons (Fsp3) is 0.533. The fourth-order valence-corrected chi connectivity index (χ4v) is 2.77. The lowest BCUT2D eigenvalue weighted by molar-refractivity contribution is 0.0855. The Kier molecular flexibility index (Phi) is 4.15. The predicted molar refractivity (Wildman–Crippen MR) is 78.5 cm³/mol. The molecule has 1 fully saturated rings. The maximum atomic E-state index is 11.1. The van der Waals surface area contributed by atoms with Crippen molar-refractivity contribution < 1.29 is 14.3 Å². The number of nitrogens with zero attached hydrogens (tertiary/aromatic N) is 1. The number of nitrogens with two attached hydrogens (primary N) is 1. The van der Waals surface area contributed by atoms with Gasteiger partial charge in [0, 0.05) is 25.7 Å². The molecular formula is C15H21N3O3. The summed E-state index contributed by atoms with van der Waals surface area (Å²) in [5.74, 6) is 1.61. The number of amides is 2. The highest BCUT2D eigenvalue weighted by molar-refractivity contribution is 5.72. The molecule has 114 valence electrons. The Balaban J connectivity index is 1.44. The van der Waals surface area contributed by atoms with E-state index in [9.17, 15) is 4.79 Å². The SMILES string of the molecule is NC(=O)N1CCC(NCC2COc3ccccc3O2)CC1. The van der Waals surface area contributed by atoms with Gasteiger partial charge < -0.3 is 25.4 Å². The van der Waals surface area contributed by atoms with Gasteiger partial charge in [-0.25, -0.2) is 4.79 Å². The van der Waals surface area contributed by atoms with E-state index in [1.54, 1.807) is 4.90 Å². The second kappa shape index (κ2) is 6.22. The van der Waals surface area contributed by atoms with Crippen molar-refractivity contribution in [1.29, 1.82) is 0 Å². The zero-order valence-corrected chi connectivity index (χ0v) is 12.0. The first-order valence-corrected chi connectivity index (χ1v) is 7.38. The number of piperidine rings is 1. The highest BCUT2D eigenvalue weighted by Gasteiger charge is 2.24. The van der Waals surface area contributed by atoms with Crippen molar-refractivity contribution in [3.8, 4) is 11.5 Å². The minimum atomic E-state index is -0.325. The number of ether oxygens (including phenoxy) is 2. The first-order valence-electron chi connectivity index (χ1n) is 7.38. The molecule has 21 heavy (non-hydrogen) atoms. The van der Waals surface area contributed by atoms with E-state index in [0.717, 1.165) is 44.0 Å². The molecule has 3 N–H and O–H groups in total. The van der Waals surface area contributed by atoms with Gasteiger partial charge in [-0.2, -0.15) is 0 Å². The topological polar surface area (TPSA) is 76.8 Å². The van der Waals surface area contributed by atoms with E-state index in [0.29, 0.717) is 12.6 Å². The van der Waals surface area contributed by atoms with Gasteiger partial charge in [-0.1, -0.05) is 12.1 Å². The molecule has 0 bridgehead atoms. The number of primary amides is 1. The van der Waals surface area contributed by atoms with E-state index in [1.807, 2.05) is 24.3 Å². The van der Waals surface area contributed by atoms with Crippen LogP contribution in [0, 0.1) is 0 Å². The van der Waals surface area contributed by atoms with Crippen molar-refractivity contribution in [3.05, 3.63) is 24.3 Å². The van der Waals surface area contributed by atoms with Crippen LogP contribution in [0.1, 0.15) is 12.8 Å². The molecule has 0 radical (unpaired) electrons. The number of fused-ring (bicyclic) bond motifs is 1. The molecule has 0 spiro atoms. The zero-order valence-electron chi connectivity index (χ0n) is 12.0. The third-order valence-corrected chi connectivity index (χ3v) is 4.01. The van der Waals surface area contributed by atoms with Crippen molar-refractivity contribution in [1.82, 2.24) is 10.2 Å². The summed E-state index contributed by atoms with van der Waals surface area (Å²) in [5, 5.41) is 3.50. The van der Waals surface area contributed by atoms with Gasteiger partial charge in [-0.3, -0.25) is 0 Å². The maximum Gasteiger partial charge on any atom is 0.314 e. The summed E-state index contributed by atoms with van der Waals surface area (Å²) < 4.78 is 11.6. The molecule has 3 rings (SSSR count). The summed E-state index contributed by atoms with van der Waals surface area (Å²) in [7, 11) is 0. The lowest BCUT2D eigenvalue weighted by Crippen LogP contribution is -2.49. The van der Waals surface area contributed by atoms with Gasteiger partial charge in [0.2, 0.25) is 0 Å². The standard InChI is InChI=1S/C15H21N3O3/c16-15(19)18-7-5-11(6-8-18)17-9-12-10-20-13-3-1-2-4-14(13)21-12/h1-4,11-12,17H,5-10H2,(H2,16,19). The average Bonchev–Trinajstić information content (AvgIpc) is 2.53.